The van der Waals surface area contributed by atoms with E-state index >= 15 is 0 Å². The van der Waals surface area contributed by atoms with E-state index < -0.39 is 0 Å². The molecule has 7 heteroatoms. The quantitative estimate of drug-likeness (QED) is 0.772. The van der Waals surface area contributed by atoms with Crippen LogP contribution in [0.4, 0.5) is 5.69 Å². The zero-order valence-electron chi connectivity index (χ0n) is 14.1. The number of aryl methyl sites for hydroxylation is 1. The Bertz CT molecular complexity index is 662. The van der Waals surface area contributed by atoms with Gasteiger partial charge in [0.05, 0.1) is 13.1 Å². The molecule has 3 amide bonds. The number of hydrogen-bond donors (Lipinski definition) is 2. The van der Waals surface area contributed by atoms with E-state index in [9.17, 15) is 14.4 Å². The van der Waals surface area contributed by atoms with Crippen molar-refractivity contribution in [2.24, 2.45) is 11.8 Å². The summed E-state index contributed by atoms with van der Waals surface area (Å²) < 4.78 is 0.936. The van der Waals surface area contributed by atoms with Gasteiger partial charge >= 0.3 is 0 Å². The van der Waals surface area contributed by atoms with E-state index in [1.165, 1.54) is 4.90 Å². The molecule has 0 saturated heterocycles. The molecule has 1 fully saturated rings. The molecule has 0 bridgehead atoms. The second-order valence-corrected chi connectivity index (χ2v) is 7.21. The van der Waals surface area contributed by atoms with Crippen LogP contribution in [-0.2, 0) is 14.4 Å². The number of hydrogen-bond acceptors (Lipinski definition) is 3. The monoisotopic (exact) mass is 395 g/mol. The molecular formula is C17H22BrN3O3. The highest BCUT2D eigenvalue weighted by Crippen LogP contribution is 2.37. The predicted molar refractivity (Wildman–Crippen MR) is 95.4 cm³/mol. The number of halogens is 1. The van der Waals surface area contributed by atoms with Gasteiger partial charge in [0.1, 0.15) is 0 Å². The molecule has 1 aromatic carbocycles. The van der Waals surface area contributed by atoms with Gasteiger partial charge in [-0.3, -0.25) is 14.4 Å². The van der Waals surface area contributed by atoms with E-state index in [0.29, 0.717) is 11.6 Å². The summed E-state index contributed by atoms with van der Waals surface area (Å²) in [6.07, 6.45) is 0.880. The third-order valence-corrected chi connectivity index (χ3v) is 4.62. The van der Waals surface area contributed by atoms with Gasteiger partial charge in [-0.25, -0.2) is 0 Å². The summed E-state index contributed by atoms with van der Waals surface area (Å²) in [5, 5.41) is 5.41. The van der Waals surface area contributed by atoms with Gasteiger partial charge in [0, 0.05) is 23.1 Å². The van der Waals surface area contributed by atoms with Crippen molar-refractivity contribution in [3.63, 3.8) is 0 Å². The molecular weight excluding hydrogens is 374 g/mol. The van der Waals surface area contributed by atoms with E-state index in [2.05, 4.69) is 26.6 Å². The van der Waals surface area contributed by atoms with Gasteiger partial charge in [-0.2, -0.15) is 0 Å². The molecule has 0 radical (unpaired) electrons. The van der Waals surface area contributed by atoms with Crippen molar-refractivity contribution in [3.8, 4) is 0 Å². The number of amides is 3. The zero-order valence-corrected chi connectivity index (χ0v) is 15.6. The molecule has 130 valence electrons. The number of likely N-dealkylation sites (N-methyl/N-ethyl adjacent to an activating group) is 1. The predicted octanol–water partition coefficient (Wildman–Crippen LogP) is 1.93. The molecule has 1 aromatic rings. The Morgan fingerprint density at radius 3 is 2.58 bits per heavy atom. The van der Waals surface area contributed by atoms with Crippen LogP contribution >= 0.6 is 15.9 Å². The maximum atomic E-state index is 12.1. The summed E-state index contributed by atoms with van der Waals surface area (Å²) in [4.78, 5) is 37.1. The van der Waals surface area contributed by atoms with Crippen molar-refractivity contribution >= 4 is 39.3 Å². The molecule has 0 spiro atoms. The number of rotatable bonds is 6. The average Bonchev–Trinajstić information content (AvgIpc) is 3.24. The van der Waals surface area contributed by atoms with Gasteiger partial charge in [0.2, 0.25) is 17.7 Å². The van der Waals surface area contributed by atoms with Gasteiger partial charge in [-0.15, -0.1) is 0 Å². The van der Waals surface area contributed by atoms with Gasteiger partial charge in [0.15, 0.2) is 0 Å². The molecule has 1 saturated carbocycles. The van der Waals surface area contributed by atoms with Crippen LogP contribution in [0, 0.1) is 18.8 Å². The molecule has 2 N–H and O–H groups in total. The summed E-state index contributed by atoms with van der Waals surface area (Å²) >= 11 is 3.37. The van der Waals surface area contributed by atoms with Crippen LogP contribution in [0.3, 0.4) is 0 Å². The van der Waals surface area contributed by atoms with Crippen molar-refractivity contribution in [2.75, 3.05) is 25.5 Å². The second kappa shape index (κ2) is 7.79. The normalized spacial score (nSPS) is 18.7. The summed E-state index contributed by atoms with van der Waals surface area (Å²) in [5.41, 5.74) is 1.64. The third kappa shape index (κ3) is 5.06. The Morgan fingerprint density at radius 2 is 2.00 bits per heavy atom. The summed E-state index contributed by atoms with van der Waals surface area (Å²) in [5.74, 6) is -0.221. The molecule has 2 rings (SSSR count). The number of carbonyl (C=O) groups is 3. The standard InChI is InChI=1S/C17H22BrN3O3/c1-10-7-13(10)17(24)19-8-16(23)21(3)9-15(22)20-14-5-4-12(18)6-11(14)2/h4-6,10,13H,7-9H2,1-3H3,(H,19,24)(H,20,22)/t10-,13-/m0/s1. The van der Waals surface area contributed by atoms with E-state index in [1.54, 1.807) is 13.1 Å². The lowest BCUT2D eigenvalue weighted by Crippen LogP contribution is -2.42. The fourth-order valence-corrected chi connectivity index (χ4v) is 2.85. The first-order valence-corrected chi connectivity index (χ1v) is 8.65. The van der Waals surface area contributed by atoms with Crippen LogP contribution < -0.4 is 10.6 Å². The molecule has 1 aliphatic rings. The number of benzene rings is 1. The first kappa shape index (κ1) is 18.4. The Labute approximate surface area is 150 Å². The molecule has 0 aromatic heterocycles. The third-order valence-electron chi connectivity index (χ3n) is 4.13. The highest BCUT2D eigenvalue weighted by atomic mass is 79.9. The Morgan fingerprint density at radius 1 is 1.33 bits per heavy atom. The van der Waals surface area contributed by atoms with E-state index in [4.69, 9.17) is 0 Å². The summed E-state index contributed by atoms with van der Waals surface area (Å²) in [6.45, 7) is 3.75. The zero-order chi connectivity index (χ0) is 17.9. The van der Waals surface area contributed by atoms with Gasteiger partial charge in [-0.1, -0.05) is 22.9 Å². The highest BCUT2D eigenvalue weighted by Gasteiger charge is 2.39. The summed E-state index contributed by atoms with van der Waals surface area (Å²) in [6, 6.07) is 5.54. The van der Waals surface area contributed by atoms with E-state index in [-0.39, 0.29) is 36.7 Å². The smallest absolute Gasteiger partial charge is 0.243 e. The molecule has 2 atom stereocenters. The second-order valence-electron chi connectivity index (χ2n) is 6.29. The lowest BCUT2D eigenvalue weighted by atomic mass is 10.2. The number of nitrogens with zero attached hydrogens (tertiary/aromatic N) is 1. The Hall–Kier alpha value is -1.89. The van der Waals surface area contributed by atoms with Crippen molar-refractivity contribution in [1.82, 2.24) is 10.2 Å². The van der Waals surface area contributed by atoms with Crippen molar-refractivity contribution in [2.45, 2.75) is 20.3 Å². The van der Waals surface area contributed by atoms with E-state index in [0.717, 1.165) is 16.5 Å². The Balaban J connectivity index is 1.77. The van der Waals surface area contributed by atoms with Crippen molar-refractivity contribution in [3.05, 3.63) is 28.2 Å². The molecule has 0 aliphatic heterocycles. The number of anilines is 1. The fraction of sp³-hybridized carbons (Fsp3) is 0.471. The topological polar surface area (TPSA) is 78.5 Å². The van der Waals surface area contributed by atoms with Crippen molar-refractivity contribution < 1.29 is 14.4 Å². The van der Waals surface area contributed by atoms with Crippen LogP contribution in [0.25, 0.3) is 0 Å². The minimum atomic E-state index is -0.292. The molecule has 0 heterocycles. The van der Waals surface area contributed by atoms with Gasteiger partial charge in [-0.05, 0) is 43.0 Å². The highest BCUT2D eigenvalue weighted by molar-refractivity contribution is 9.10. The average molecular weight is 396 g/mol. The van der Waals surface area contributed by atoms with Crippen LogP contribution in [0.2, 0.25) is 0 Å². The SMILES string of the molecule is Cc1cc(Br)ccc1NC(=O)CN(C)C(=O)CNC(=O)[C@H]1C[C@@H]1C. The minimum absolute atomic E-state index is 0.0341. The molecule has 0 unspecified atom stereocenters. The lowest BCUT2D eigenvalue weighted by molar-refractivity contribution is -0.134. The largest absolute Gasteiger partial charge is 0.347 e. The first-order valence-electron chi connectivity index (χ1n) is 7.85. The molecule has 1 aliphatic carbocycles. The lowest BCUT2D eigenvalue weighted by Gasteiger charge is -2.17. The van der Waals surface area contributed by atoms with E-state index in [1.807, 2.05) is 26.0 Å². The summed E-state index contributed by atoms with van der Waals surface area (Å²) in [7, 11) is 1.54. The fourth-order valence-electron chi connectivity index (χ4n) is 2.38. The van der Waals surface area contributed by atoms with Crippen molar-refractivity contribution in [1.29, 1.82) is 0 Å². The van der Waals surface area contributed by atoms with Crippen LogP contribution in [-0.4, -0.2) is 42.8 Å². The maximum Gasteiger partial charge on any atom is 0.243 e. The maximum absolute atomic E-state index is 12.1. The Kier molecular flexibility index (Phi) is 5.99. The first-order chi connectivity index (χ1) is 11.3. The van der Waals surface area contributed by atoms with Crippen LogP contribution in [0.5, 0.6) is 0 Å². The minimum Gasteiger partial charge on any atom is -0.347 e. The number of carbonyl (C=O) groups excluding carboxylic acids is 3. The van der Waals surface area contributed by atoms with Crippen LogP contribution in [0.1, 0.15) is 18.9 Å². The molecule has 24 heavy (non-hydrogen) atoms. The number of nitrogens with one attached hydrogen (secondary N) is 2. The van der Waals surface area contributed by atoms with Crippen LogP contribution in [0.15, 0.2) is 22.7 Å². The molecule has 6 nitrogen and oxygen atoms in total. The van der Waals surface area contributed by atoms with Gasteiger partial charge in [0.25, 0.3) is 0 Å². The van der Waals surface area contributed by atoms with Gasteiger partial charge < -0.3 is 15.5 Å².